The maximum atomic E-state index is 16.0. The predicted molar refractivity (Wildman–Crippen MR) is 99.3 cm³/mol. The SMILES string of the molecule is Cc1ccc(CNc2cccc3c2C(F)(C=O)c2cc4ooc4cc2O3)s1. The zero-order chi connectivity index (χ0) is 18.6. The summed E-state index contributed by atoms with van der Waals surface area (Å²) in [5, 5.41) is 3.24. The fraction of sp³-hybridized carbons (Fsp3) is 0.150. The van der Waals surface area contributed by atoms with Crippen molar-refractivity contribution in [1.29, 1.82) is 0 Å². The number of anilines is 1. The van der Waals surface area contributed by atoms with Crippen LogP contribution in [0.2, 0.25) is 0 Å². The van der Waals surface area contributed by atoms with Gasteiger partial charge in [-0.25, -0.2) is 4.39 Å². The van der Waals surface area contributed by atoms with Gasteiger partial charge >= 0.3 is 0 Å². The van der Waals surface area contributed by atoms with Crippen LogP contribution in [-0.4, -0.2) is 6.29 Å². The topological polar surface area (TPSA) is 64.6 Å². The van der Waals surface area contributed by atoms with E-state index in [1.165, 1.54) is 17.0 Å². The normalized spacial score (nSPS) is 18.0. The Bertz CT molecular complexity index is 1170. The first-order chi connectivity index (χ1) is 13.1. The van der Waals surface area contributed by atoms with E-state index in [0.717, 1.165) is 4.88 Å². The molecule has 0 saturated heterocycles. The highest BCUT2D eigenvalue weighted by molar-refractivity contribution is 7.11. The molecule has 4 aromatic rings. The van der Waals surface area contributed by atoms with Gasteiger partial charge in [-0.3, -0.25) is 13.9 Å². The molecule has 0 spiro atoms. The Kier molecular flexibility index (Phi) is 3.42. The number of rotatable bonds is 4. The van der Waals surface area contributed by atoms with Crippen LogP contribution < -0.4 is 10.1 Å². The van der Waals surface area contributed by atoms with E-state index in [9.17, 15) is 4.79 Å². The van der Waals surface area contributed by atoms with E-state index in [1.807, 2.05) is 19.1 Å². The standard InChI is InChI=1S/C20H14FNO4S/c1-11-5-6-12(27-11)9-22-14-3-2-4-15-19(14)20(21,10-23)13-7-17-18(26-25-17)8-16(13)24-15/h2-8,10,22H,9H2,1H3. The molecule has 3 heterocycles. The Morgan fingerprint density at radius 2 is 1.96 bits per heavy atom. The number of carbonyl (C=O) groups excluding carboxylic acids is 1. The van der Waals surface area contributed by atoms with Crippen molar-refractivity contribution in [2.45, 2.75) is 19.1 Å². The Hall–Kier alpha value is -3.06. The third-order valence-electron chi connectivity index (χ3n) is 4.68. The number of fused-ring (bicyclic) bond motifs is 3. The number of nitrogens with one attached hydrogen (secondary N) is 1. The molecular formula is C20H14FNO4S. The summed E-state index contributed by atoms with van der Waals surface area (Å²) in [6, 6.07) is 12.2. The number of halogens is 1. The van der Waals surface area contributed by atoms with Crippen molar-refractivity contribution in [1.82, 2.24) is 0 Å². The highest BCUT2D eigenvalue weighted by atomic mass is 32.1. The predicted octanol–water partition coefficient (Wildman–Crippen LogP) is 5.53. The lowest BCUT2D eigenvalue weighted by Crippen LogP contribution is -2.29. The van der Waals surface area contributed by atoms with Gasteiger partial charge in [-0.2, -0.15) is 0 Å². The molecule has 0 fully saturated rings. The molecule has 2 aromatic heterocycles. The molecule has 2 aromatic carbocycles. The molecule has 0 bridgehead atoms. The number of hydrogen-bond donors (Lipinski definition) is 1. The van der Waals surface area contributed by atoms with Crippen LogP contribution in [0.4, 0.5) is 10.1 Å². The summed E-state index contributed by atoms with van der Waals surface area (Å²) in [6.45, 7) is 2.56. The number of aryl methyl sites for hydroxylation is 1. The van der Waals surface area contributed by atoms with Crippen molar-refractivity contribution in [2.75, 3.05) is 5.32 Å². The summed E-state index contributed by atoms with van der Waals surface area (Å²) in [5.41, 5.74) is -0.740. The zero-order valence-electron chi connectivity index (χ0n) is 14.2. The second-order valence-corrected chi connectivity index (χ2v) is 7.81. The molecule has 1 aliphatic heterocycles. The first kappa shape index (κ1) is 16.1. The van der Waals surface area contributed by atoms with Crippen LogP contribution in [0, 0.1) is 6.92 Å². The van der Waals surface area contributed by atoms with Gasteiger partial charge in [0.25, 0.3) is 0 Å². The van der Waals surface area contributed by atoms with Gasteiger partial charge in [0.1, 0.15) is 11.5 Å². The van der Waals surface area contributed by atoms with Crippen molar-refractivity contribution >= 4 is 34.5 Å². The summed E-state index contributed by atoms with van der Waals surface area (Å²) in [6.07, 6.45) is 0.305. The van der Waals surface area contributed by atoms with E-state index in [1.54, 1.807) is 29.5 Å². The molecule has 136 valence electrons. The molecule has 0 aliphatic carbocycles. The minimum Gasteiger partial charge on any atom is -0.456 e. The number of ether oxygens (including phenoxy) is 1. The van der Waals surface area contributed by atoms with Crippen LogP contribution in [0.1, 0.15) is 20.9 Å². The van der Waals surface area contributed by atoms with Crippen LogP contribution in [0.3, 0.4) is 0 Å². The fourth-order valence-electron chi connectivity index (χ4n) is 3.37. The summed E-state index contributed by atoms with van der Waals surface area (Å²) in [5.74, 6) is 0.537. The van der Waals surface area contributed by atoms with Crippen LogP contribution in [0.25, 0.3) is 11.2 Å². The minimum atomic E-state index is -2.36. The van der Waals surface area contributed by atoms with E-state index in [2.05, 4.69) is 5.32 Å². The van der Waals surface area contributed by atoms with Crippen molar-refractivity contribution in [3.05, 3.63) is 63.3 Å². The van der Waals surface area contributed by atoms with Crippen molar-refractivity contribution < 1.29 is 23.1 Å². The number of aldehydes is 1. The van der Waals surface area contributed by atoms with Gasteiger partial charge in [-0.05, 0) is 31.2 Å². The van der Waals surface area contributed by atoms with E-state index in [4.69, 9.17) is 13.9 Å². The van der Waals surface area contributed by atoms with Crippen molar-refractivity contribution in [3.63, 3.8) is 0 Å². The lowest BCUT2D eigenvalue weighted by atomic mass is 9.85. The number of alkyl halides is 1. The zero-order valence-corrected chi connectivity index (χ0v) is 15.1. The van der Waals surface area contributed by atoms with Gasteiger partial charge in [0, 0.05) is 39.7 Å². The molecule has 0 saturated carbocycles. The maximum absolute atomic E-state index is 16.0. The summed E-state index contributed by atoms with van der Waals surface area (Å²) in [7, 11) is 0. The molecule has 5 nitrogen and oxygen atoms in total. The largest absolute Gasteiger partial charge is 0.456 e. The third kappa shape index (κ3) is 2.39. The quantitative estimate of drug-likeness (QED) is 0.371. The van der Waals surface area contributed by atoms with Gasteiger partial charge in [0.15, 0.2) is 6.29 Å². The van der Waals surface area contributed by atoms with Crippen molar-refractivity contribution in [3.8, 4) is 11.5 Å². The Labute approximate surface area is 157 Å². The third-order valence-corrected chi connectivity index (χ3v) is 5.68. The Morgan fingerprint density at radius 3 is 2.67 bits per heavy atom. The summed E-state index contributed by atoms with van der Waals surface area (Å²) < 4.78 is 31.6. The van der Waals surface area contributed by atoms with Crippen LogP contribution in [0.15, 0.2) is 51.6 Å². The molecule has 1 unspecified atom stereocenters. The molecule has 0 radical (unpaired) electrons. The smallest absolute Gasteiger partial charge is 0.229 e. The van der Waals surface area contributed by atoms with E-state index >= 15 is 4.39 Å². The highest BCUT2D eigenvalue weighted by Crippen LogP contribution is 2.52. The lowest BCUT2D eigenvalue weighted by molar-refractivity contribution is -0.116. The van der Waals surface area contributed by atoms with Crippen molar-refractivity contribution in [2.24, 2.45) is 0 Å². The lowest BCUT2D eigenvalue weighted by Gasteiger charge is -2.31. The van der Waals surface area contributed by atoms with Crippen LogP contribution in [-0.2, 0) is 17.0 Å². The fourth-order valence-corrected chi connectivity index (χ4v) is 4.20. The van der Waals surface area contributed by atoms with Gasteiger partial charge in [-0.1, -0.05) is 6.07 Å². The Balaban J connectivity index is 1.60. The van der Waals surface area contributed by atoms with E-state index in [0.29, 0.717) is 35.4 Å². The monoisotopic (exact) mass is 383 g/mol. The maximum Gasteiger partial charge on any atom is 0.229 e. The number of carbonyl (C=O) groups is 1. The number of thiophene rings is 1. The summed E-state index contributed by atoms with van der Waals surface area (Å²) >= 11 is 1.66. The van der Waals surface area contributed by atoms with Crippen LogP contribution in [0.5, 0.6) is 11.5 Å². The van der Waals surface area contributed by atoms with E-state index in [-0.39, 0.29) is 16.9 Å². The second-order valence-electron chi connectivity index (χ2n) is 6.44. The highest BCUT2D eigenvalue weighted by Gasteiger charge is 2.45. The first-order valence-corrected chi connectivity index (χ1v) is 9.19. The molecule has 0 amide bonds. The van der Waals surface area contributed by atoms with Crippen LogP contribution >= 0.6 is 11.3 Å². The molecule has 5 rings (SSSR count). The first-order valence-electron chi connectivity index (χ1n) is 8.37. The molecule has 1 atom stereocenters. The Morgan fingerprint density at radius 1 is 1.15 bits per heavy atom. The summed E-state index contributed by atoms with van der Waals surface area (Å²) in [4.78, 5) is 14.2. The average Bonchev–Trinajstić information content (AvgIpc) is 3.07. The van der Waals surface area contributed by atoms with Gasteiger partial charge in [0.2, 0.25) is 16.8 Å². The molecular weight excluding hydrogens is 369 g/mol. The molecule has 1 aliphatic rings. The number of hydrogen-bond acceptors (Lipinski definition) is 6. The minimum absolute atomic E-state index is 0.105. The molecule has 1 N–H and O–H groups in total. The average molecular weight is 383 g/mol. The molecule has 7 heteroatoms. The molecule has 27 heavy (non-hydrogen) atoms. The van der Waals surface area contributed by atoms with Gasteiger partial charge in [0.05, 0.1) is 5.56 Å². The van der Waals surface area contributed by atoms with Gasteiger partial charge in [-0.15, -0.1) is 11.3 Å². The second kappa shape index (κ2) is 5.72. The van der Waals surface area contributed by atoms with Gasteiger partial charge < -0.3 is 10.1 Å². The number of benzene rings is 2. The van der Waals surface area contributed by atoms with E-state index < -0.39 is 5.67 Å².